The van der Waals surface area contributed by atoms with Gasteiger partial charge in [-0.15, -0.1) is 11.3 Å². The average molecular weight is 280 g/mol. The van der Waals surface area contributed by atoms with E-state index in [1.807, 2.05) is 6.92 Å². The SMILES string of the molecule is CCOc1cc(NCc2ccc(C)s2)c(N)cc1F. The molecule has 102 valence electrons. The summed E-state index contributed by atoms with van der Waals surface area (Å²) in [7, 11) is 0. The van der Waals surface area contributed by atoms with E-state index in [2.05, 4.69) is 24.4 Å². The Kier molecular flexibility index (Phi) is 4.27. The van der Waals surface area contributed by atoms with Gasteiger partial charge in [-0.3, -0.25) is 0 Å². The first-order valence-corrected chi connectivity index (χ1v) is 6.92. The third-order valence-electron chi connectivity index (χ3n) is 2.65. The van der Waals surface area contributed by atoms with Crippen molar-refractivity contribution in [1.29, 1.82) is 0 Å². The summed E-state index contributed by atoms with van der Waals surface area (Å²) in [6.07, 6.45) is 0. The molecule has 0 spiro atoms. The molecule has 0 aliphatic carbocycles. The first kappa shape index (κ1) is 13.7. The zero-order valence-electron chi connectivity index (χ0n) is 11.0. The number of nitrogens with two attached hydrogens (primary N) is 1. The summed E-state index contributed by atoms with van der Waals surface area (Å²) in [5, 5.41) is 3.21. The van der Waals surface area contributed by atoms with E-state index < -0.39 is 5.82 Å². The molecule has 0 radical (unpaired) electrons. The molecule has 0 saturated heterocycles. The van der Waals surface area contributed by atoms with Crippen molar-refractivity contribution in [3.05, 3.63) is 39.8 Å². The van der Waals surface area contributed by atoms with Gasteiger partial charge in [-0.2, -0.15) is 0 Å². The first-order valence-electron chi connectivity index (χ1n) is 6.11. The quantitative estimate of drug-likeness (QED) is 0.819. The van der Waals surface area contributed by atoms with Crippen LogP contribution in [-0.4, -0.2) is 6.61 Å². The molecule has 0 saturated carbocycles. The lowest BCUT2D eigenvalue weighted by Gasteiger charge is -2.12. The highest BCUT2D eigenvalue weighted by atomic mass is 32.1. The molecular formula is C14H17FN2OS. The summed E-state index contributed by atoms with van der Waals surface area (Å²) < 4.78 is 18.8. The monoisotopic (exact) mass is 280 g/mol. The Hall–Kier alpha value is -1.75. The zero-order chi connectivity index (χ0) is 13.8. The van der Waals surface area contributed by atoms with Crippen LogP contribution in [0.25, 0.3) is 0 Å². The Morgan fingerprint density at radius 2 is 2.16 bits per heavy atom. The van der Waals surface area contributed by atoms with E-state index in [9.17, 15) is 4.39 Å². The minimum absolute atomic E-state index is 0.224. The minimum Gasteiger partial charge on any atom is -0.491 e. The number of hydrogen-bond donors (Lipinski definition) is 2. The number of ether oxygens (including phenoxy) is 1. The van der Waals surface area contributed by atoms with Gasteiger partial charge in [-0.25, -0.2) is 4.39 Å². The number of nitrogen functional groups attached to an aromatic ring is 1. The Morgan fingerprint density at radius 1 is 1.37 bits per heavy atom. The average Bonchev–Trinajstić information content (AvgIpc) is 2.77. The van der Waals surface area contributed by atoms with Crippen LogP contribution in [0.5, 0.6) is 5.75 Å². The summed E-state index contributed by atoms with van der Waals surface area (Å²) >= 11 is 1.72. The molecule has 3 N–H and O–H groups in total. The molecule has 0 atom stereocenters. The fourth-order valence-electron chi connectivity index (χ4n) is 1.75. The van der Waals surface area contributed by atoms with Gasteiger partial charge in [0, 0.05) is 28.4 Å². The lowest BCUT2D eigenvalue weighted by Crippen LogP contribution is -2.04. The molecule has 2 rings (SSSR count). The van der Waals surface area contributed by atoms with Gasteiger partial charge in [0.25, 0.3) is 0 Å². The van der Waals surface area contributed by atoms with E-state index in [-0.39, 0.29) is 5.75 Å². The van der Waals surface area contributed by atoms with Crippen molar-refractivity contribution in [2.45, 2.75) is 20.4 Å². The molecule has 0 aliphatic heterocycles. The number of aryl methyl sites for hydroxylation is 1. The van der Waals surface area contributed by atoms with Crippen LogP contribution < -0.4 is 15.8 Å². The maximum atomic E-state index is 13.6. The van der Waals surface area contributed by atoms with Gasteiger partial charge in [0.15, 0.2) is 11.6 Å². The largest absolute Gasteiger partial charge is 0.491 e. The fourth-order valence-corrected chi connectivity index (χ4v) is 2.58. The molecule has 5 heteroatoms. The molecule has 2 aromatic rings. The highest BCUT2D eigenvalue weighted by Gasteiger charge is 2.09. The molecule has 1 aromatic carbocycles. The number of halogens is 1. The third-order valence-corrected chi connectivity index (χ3v) is 3.65. The van der Waals surface area contributed by atoms with Crippen LogP contribution in [0.1, 0.15) is 16.7 Å². The molecule has 0 fully saturated rings. The predicted molar refractivity (Wildman–Crippen MR) is 78.4 cm³/mol. The van der Waals surface area contributed by atoms with Gasteiger partial charge in [0.1, 0.15) is 0 Å². The van der Waals surface area contributed by atoms with E-state index in [1.54, 1.807) is 17.4 Å². The van der Waals surface area contributed by atoms with Crippen LogP contribution >= 0.6 is 11.3 Å². The standard InChI is InChI=1S/C14H17FN2OS/c1-3-18-14-7-13(12(16)6-11(14)15)17-8-10-5-4-9(2)19-10/h4-7,17H,3,8,16H2,1-2H3. The van der Waals surface area contributed by atoms with Crippen LogP contribution in [0.2, 0.25) is 0 Å². The van der Waals surface area contributed by atoms with E-state index >= 15 is 0 Å². The lowest BCUT2D eigenvalue weighted by atomic mass is 10.2. The molecule has 0 amide bonds. The summed E-state index contributed by atoms with van der Waals surface area (Å²) in [5.74, 6) is -0.210. The lowest BCUT2D eigenvalue weighted by molar-refractivity contribution is 0.322. The van der Waals surface area contributed by atoms with E-state index in [0.29, 0.717) is 24.5 Å². The molecule has 1 heterocycles. The van der Waals surface area contributed by atoms with Gasteiger partial charge < -0.3 is 15.8 Å². The van der Waals surface area contributed by atoms with Crippen molar-refractivity contribution in [3.63, 3.8) is 0 Å². The predicted octanol–water partition coefficient (Wildman–Crippen LogP) is 3.79. The summed E-state index contributed by atoms with van der Waals surface area (Å²) in [5.41, 5.74) is 6.88. The van der Waals surface area contributed by atoms with Crippen molar-refractivity contribution < 1.29 is 9.13 Å². The van der Waals surface area contributed by atoms with Crippen LogP contribution in [-0.2, 0) is 6.54 Å². The summed E-state index contributed by atoms with van der Waals surface area (Å²) in [6, 6.07) is 7.03. The molecule has 0 aliphatic rings. The first-order chi connectivity index (χ1) is 9.10. The Morgan fingerprint density at radius 3 is 2.79 bits per heavy atom. The molecule has 0 bridgehead atoms. The summed E-state index contributed by atoms with van der Waals surface area (Å²) in [4.78, 5) is 2.47. The van der Waals surface area contributed by atoms with E-state index in [1.165, 1.54) is 15.8 Å². The van der Waals surface area contributed by atoms with Crippen LogP contribution in [0, 0.1) is 12.7 Å². The highest BCUT2D eigenvalue weighted by Crippen LogP contribution is 2.29. The smallest absolute Gasteiger partial charge is 0.167 e. The van der Waals surface area contributed by atoms with Crippen molar-refractivity contribution in [2.24, 2.45) is 0 Å². The van der Waals surface area contributed by atoms with Crippen LogP contribution in [0.3, 0.4) is 0 Å². The van der Waals surface area contributed by atoms with Crippen molar-refractivity contribution in [1.82, 2.24) is 0 Å². The number of anilines is 2. The maximum absolute atomic E-state index is 13.6. The van der Waals surface area contributed by atoms with Crippen LogP contribution in [0.15, 0.2) is 24.3 Å². The highest BCUT2D eigenvalue weighted by molar-refractivity contribution is 7.11. The van der Waals surface area contributed by atoms with E-state index in [0.717, 1.165) is 0 Å². The number of benzene rings is 1. The Labute approximate surface area is 116 Å². The van der Waals surface area contributed by atoms with Gasteiger partial charge in [-0.1, -0.05) is 0 Å². The van der Waals surface area contributed by atoms with Crippen molar-refractivity contribution in [2.75, 3.05) is 17.7 Å². The molecule has 0 unspecified atom stereocenters. The number of thiophene rings is 1. The second-order valence-corrected chi connectivity index (χ2v) is 5.54. The second kappa shape index (κ2) is 5.93. The molecule has 19 heavy (non-hydrogen) atoms. The number of nitrogens with one attached hydrogen (secondary N) is 1. The van der Waals surface area contributed by atoms with Crippen LogP contribution in [0.4, 0.5) is 15.8 Å². The van der Waals surface area contributed by atoms with E-state index in [4.69, 9.17) is 10.5 Å². The second-order valence-electron chi connectivity index (χ2n) is 4.17. The van der Waals surface area contributed by atoms with Gasteiger partial charge in [0.2, 0.25) is 0 Å². The van der Waals surface area contributed by atoms with Crippen molar-refractivity contribution >= 4 is 22.7 Å². The molecular weight excluding hydrogens is 263 g/mol. The molecule has 3 nitrogen and oxygen atoms in total. The van der Waals surface area contributed by atoms with Gasteiger partial charge >= 0.3 is 0 Å². The Bertz CT molecular complexity index is 569. The summed E-state index contributed by atoms with van der Waals surface area (Å²) in [6.45, 7) is 4.97. The zero-order valence-corrected chi connectivity index (χ0v) is 11.8. The number of hydrogen-bond acceptors (Lipinski definition) is 4. The Balaban J connectivity index is 2.13. The number of rotatable bonds is 5. The molecule has 1 aromatic heterocycles. The van der Waals surface area contributed by atoms with Gasteiger partial charge in [-0.05, 0) is 26.0 Å². The van der Waals surface area contributed by atoms with Crippen molar-refractivity contribution in [3.8, 4) is 5.75 Å². The van der Waals surface area contributed by atoms with Gasteiger partial charge in [0.05, 0.1) is 18.0 Å². The minimum atomic E-state index is -0.433. The normalized spacial score (nSPS) is 10.5. The third kappa shape index (κ3) is 3.38. The fraction of sp³-hybridized carbons (Fsp3) is 0.286. The topological polar surface area (TPSA) is 47.3 Å². The maximum Gasteiger partial charge on any atom is 0.167 e.